The molecule has 6 nitrogen and oxygen atoms in total. The smallest absolute Gasteiger partial charge is 0.310 e. The van der Waals surface area contributed by atoms with Crippen LogP contribution in [0.5, 0.6) is 0 Å². The highest BCUT2D eigenvalue weighted by Gasteiger charge is 2.13. The molecule has 0 aliphatic carbocycles. The van der Waals surface area contributed by atoms with Gasteiger partial charge in [-0.1, -0.05) is 6.92 Å². The number of rotatable bonds is 6. The zero-order valence-corrected chi connectivity index (χ0v) is 14.1. The van der Waals surface area contributed by atoms with Crippen molar-refractivity contribution in [1.29, 1.82) is 0 Å². The van der Waals surface area contributed by atoms with E-state index in [0.29, 0.717) is 19.0 Å². The molecule has 7 heteroatoms. The third-order valence-electron chi connectivity index (χ3n) is 2.90. The van der Waals surface area contributed by atoms with E-state index in [1.807, 2.05) is 27.7 Å². The minimum absolute atomic E-state index is 0.216. The first-order valence-electron chi connectivity index (χ1n) is 7.00. The molecule has 1 rings (SSSR count). The minimum atomic E-state index is -0.229. The molecular formula is C14H24N4O2S. The molecule has 0 spiro atoms. The van der Waals surface area contributed by atoms with Crippen molar-refractivity contribution >= 4 is 23.3 Å². The summed E-state index contributed by atoms with van der Waals surface area (Å²) in [5.41, 5.74) is 1.03. The van der Waals surface area contributed by atoms with Gasteiger partial charge in [0.15, 0.2) is 5.96 Å². The maximum atomic E-state index is 11.4. The fourth-order valence-corrected chi connectivity index (χ4v) is 2.61. The zero-order valence-electron chi connectivity index (χ0n) is 13.3. The molecule has 0 aliphatic heterocycles. The Morgan fingerprint density at radius 2 is 2.14 bits per heavy atom. The molecule has 0 aliphatic rings. The van der Waals surface area contributed by atoms with Gasteiger partial charge in [-0.2, -0.15) is 0 Å². The fraction of sp³-hybridized carbons (Fsp3) is 0.643. The molecule has 1 aromatic heterocycles. The van der Waals surface area contributed by atoms with Gasteiger partial charge in [-0.05, 0) is 20.8 Å². The molecule has 0 radical (unpaired) electrons. The van der Waals surface area contributed by atoms with Gasteiger partial charge in [0.1, 0.15) is 0 Å². The maximum absolute atomic E-state index is 11.4. The van der Waals surface area contributed by atoms with Crippen LogP contribution < -0.4 is 10.6 Å². The number of carbonyl (C=O) groups excluding carboxylic acids is 1. The second-order valence-corrected chi connectivity index (χ2v) is 6.03. The summed E-state index contributed by atoms with van der Waals surface area (Å²) < 4.78 is 4.71. The van der Waals surface area contributed by atoms with Crippen LogP contribution in [0.25, 0.3) is 0 Å². The number of aryl methyl sites for hydroxylation is 2. The largest absolute Gasteiger partial charge is 0.469 e. The number of aliphatic imine (C=N–C) groups is 1. The lowest BCUT2D eigenvalue weighted by Crippen LogP contribution is -2.40. The number of nitrogens with zero attached hydrogens (tertiary/aromatic N) is 2. The number of esters is 1. The maximum Gasteiger partial charge on any atom is 0.310 e. The summed E-state index contributed by atoms with van der Waals surface area (Å²) in [6, 6.07) is 0. The third kappa shape index (κ3) is 5.71. The summed E-state index contributed by atoms with van der Waals surface area (Å²) in [6.07, 6.45) is 0. The molecule has 21 heavy (non-hydrogen) atoms. The lowest BCUT2D eigenvalue weighted by Gasteiger charge is -2.14. The van der Waals surface area contributed by atoms with Gasteiger partial charge in [0, 0.05) is 18.0 Å². The lowest BCUT2D eigenvalue weighted by molar-refractivity contribution is -0.144. The van der Waals surface area contributed by atoms with Gasteiger partial charge in [0.05, 0.1) is 30.3 Å². The van der Waals surface area contributed by atoms with E-state index >= 15 is 0 Å². The van der Waals surface area contributed by atoms with Crippen LogP contribution in [0.1, 0.15) is 29.4 Å². The summed E-state index contributed by atoms with van der Waals surface area (Å²) >= 11 is 1.66. The lowest BCUT2D eigenvalue weighted by atomic mass is 10.2. The van der Waals surface area contributed by atoms with Crippen molar-refractivity contribution in [3.05, 3.63) is 15.6 Å². The quantitative estimate of drug-likeness (QED) is 0.474. The normalized spacial score (nSPS) is 12.9. The second kappa shape index (κ2) is 8.61. The second-order valence-electron chi connectivity index (χ2n) is 4.74. The highest BCUT2D eigenvalue weighted by Crippen LogP contribution is 2.17. The molecule has 1 heterocycles. The average Bonchev–Trinajstić information content (AvgIpc) is 2.78. The van der Waals surface area contributed by atoms with Crippen molar-refractivity contribution in [2.75, 3.05) is 20.2 Å². The summed E-state index contributed by atoms with van der Waals surface area (Å²) in [6.45, 7) is 9.64. The van der Waals surface area contributed by atoms with Crippen molar-refractivity contribution in [1.82, 2.24) is 15.6 Å². The van der Waals surface area contributed by atoms with Gasteiger partial charge in [0.2, 0.25) is 0 Å². The first-order valence-corrected chi connectivity index (χ1v) is 7.82. The Morgan fingerprint density at radius 1 is 1.43 bits per heavy atom. The molecule has 118 valence electrons. The molecule has 1 aromatic rings. The Hall–Kier alpha value is -1.63. The number of guanidine groups is 1. The highest BCUT2D eigenvalue weighted by molar-refractivity contribution is 7.11. The van der Waals surface area contributed by atoms with Crippen LogP contribution in [0.15, 0.2) is 4.99 Å². The topological polar surface area (TPSA) is 75.6 Å². The minimum Gasteiger partial charge on any atom is -0.469 e. The monoisotopic (exact) mass is 312 g/mol. The third-order valence-corrected chi connectivity index (χ3v) is 3.96. The Bertz CT molecular complexity index is 499. The Kier molecular flexibility index (Phi) is 7.14. The molecular weight excluding hydrogens is 288 g/mol. The summed E-state index contributed by atoms with van der Waals surface area (Å²) in [4.78, 5) is 21.5. The van der Waals surface area contributed by atoms with Crippen LogP contribution in [0.2, 0.25) is 0 Å². The van der Waals surface area contributed by atoms with Crippen LogP contribution in [0.4, 0.5) is 0 Å². The van der Waals surface area contributed by atoms with Crippen molar-refractivity contribution in [3.63, 3.8) is 0 Å². The van der Waals surface area contributed by atoms with Gasteiger partial charge in [-0.15, -0.1) is 11.3 Å². The van der Waals surface area contributed by atoms with Gasteiger partial charge in [-0.25, -0.2) is 9.98 Å². The number of thiazole rings is 1. The van der Waals surface area contributed by atoms with Gasteiger partial charge in [-0.3, -0.25) is 4.79 Å². The average molecular weight is 312 g/mol. The van der Waals surface area contributed by atoms with E-state index < -0.39 is 0 Å². The van der Waals surface area contributed by atoms with E-state index in [-0.39, 0.29) is 11.9 Å². The SMILES string of the molecule is CCNC(=NCc1sc(C)nc1C)NCC(C)C(=O)OC. The highest BCUT2D eigenvalue weighted by atomic mass is 32.1. The van der Waals surface area contributed by atoms with Crippen LogP contribution in [-0.4, -0.2) is 37.1 Å². The number of nitrogens with one attached hydrogen (secondary N) is 2. The summed E-state index contributed by atoms with van der Waals surface area (Å²) in [5.74, 6) is 0.247. The molecule has 0 amide bonds. The molecule has 0 saturated carbocycles. The first kappa shape index (κ1) is 17.4. The van der Waals surface area contributed by atoms with E-state index in [0.717, 1.165) is 22.1 Å². The Morgan fingerprint density at radius 3 is 2.67 bits per heavy atom. The number of ether oxygens (including phenoxy) is 1. The van der Waals surface area contributed by atoms with E-state index in [4.69, 9.17) is 4.74 Å². The van der Waals surface area contributed by atoms with E-state index in [2.05, 4.69) is 20.6 Å². The predicted molar refractivity (Wildman–Crippen MR) is 85.6 cm³/mol. The fourth-order valence-electron chi connectivity index (χ4n) is 1.75. The predicted octanol–water partition coefficient (Wildman–Crippen LogP) is 1.62. The van der Waals surface area contributed by atoms with Crippen LogP contribution in [0, 0.1) is 19.8 Å². The van der Waals surface area contributed by atoms with Crippen molar-refractivity contribution in [2.24, 2.45) is 10.9 Å². The molecule has 0 fully saturated rings. The summed E-state index contributed by atoms with van der Waals surface area (Å²) in [5, 5.41) is 7.37. The number of methoxy groups -OCH3 is 1. The molecule has 1 atom stereocenters. The number of carbonyl (C=O) groups is 1. The molecule has 2 N–H and O–H groups in total. The first-order chi connectivity index (χ1) is 9.97. The van der Waals surface area contributed by atoms with Crippen molar-refractivity contribution in [3.8, 4) is 0 Å². The van der Waals surface area contributed by atoms with E-state index in [1.165, 1.54) is 7.11 Å². The van der Waals surface area contributed by atoms with Gasteiger partial charge >= 0.3 is 5.97 Å². The molecule has 0 aromatic carbocycles. The number of hydrogen-bond acceptors (Lipinski definition) is 5. The Labute approximate surface area is 130 Å². The van der Waals surface area contributed by atoms with Crippen LogP contribution in [-0.2, 0) is 16.1 Å². The van der Waals surface area contributed by atoms with Gasteiger partial charge in [0.25, 0.3) is 0 Å². The number of aromatic nitrogens is 1. The van der Waals surface area contributed by atoms with E-state index in [9.17, 15) is 4.79 Å². The van der Waals surface area contributed by atoms with E-state index in [1.54, 1.807) is 11.3 Å². The number of hydrogen-bond donors (Lipinski definition) is 2. The standard InChI is InChI=1S/C14H24N4O2S/c1-6-15-14(16-7-9(2)13(19)20-5)17-8-12-10(3)18-11(4)21-12/h9H,6-8H2,1-5H3,(H2,15,16,17). The molecule has 0 bridgehead atoms. The van der Waals surface area contributed by atoms with Crippen LogP contribution >= 0.6 is 11.3 Å². The summed E-state index contributed by atoms with van der Waals surface area (Å²) in [7, 11) is 1.40. The zero-order chi connectivity index (χ0) is 15.8. The Balaban J connectivity index is 2.61. The van der Waals surface area contributed by atoms with Crippen molar-refractivity contribution in [2.45, 2.75) is 34.2 Å². The molecule has 1 unspecified atom stereocenters. The molecule has 0 saturated heterocycles. The van der Waals surface area contributed by atoms with Crippen molar-refractivity contribution < 1.29 is 9.53 Å². The van der Waals surface area contributed by atoms with Crippen LogP contribution in [0.3, 0.4) is 0 Å². The van der Waals surface area contributed by atoms with Gasteiger partial charge < -0.3 is 15.4 Å².